The van der Waals surface area contributed by atoms with Crippen LogP contribution in [0.1, 0.15) is 13.3 Å². The average molecular weight is 228 g/mol. The molecule has 0 heterocycles. The molecule has 0 N–H and O–H groups in total. The van der Waals surface area contributed by atoms with Gasteiger partial charge in [-0.2, -0.15) is 0 Å². The van der Waals surface area contributed by atoms with Crippen molar-refractivity contribution in [2.45, 2.75) is 13.3 Å². The number of hydrogen-bond donors (Lipinski definition) is 0. The molecule has 6 heteroatoms. The molecule has 9 heavy (non-hydrogen) atoms. The molecule has 0 aromatic heterocycles. The van der Waals surface area contributed by atoms with Gasteiger partial charge >= 0.3 is 6.73 Å². The summed E-state index contributed by atoms with van der Waals surface area (Å²) in [6, 6.07) is 0. The molecule has 0 aliphatic rings. The third kappa shape index (κ3) is 48.4. The minimum atomic E-state index is -1.72. The van der Waals surface area contributed by atoms with Crippen LogP contribution in [0.3, 0.4) is 0 Å². The lowest BCUT2D eigenvalue weighted by atomic mass is 10.6. The zero-order valence-corrected chi connectivity index (χ0v) is 8.88. The summed E-state index contributed by atoms with van der Waals surface area (Å²) in [4.78, 5) is 9.58. The Balaban J connectivity index is 0. The van der Waals surface area contributed by atoms with E-state index in [0.29, 0.717) is 6.42 Å². The topological polar surface area (TPSA) is 17.1 Å². The van der Waals surface area contributed by atoms with Gasteiger partial charge in [0.1, 0.15) is 0 Å². The monoisotopic (exact) mass is 226 g/mol. The zero-order chi connectivity index (χ0) is 7.86. The molecule has 0 amide bonds. The van der Waals surface area contributed by atoms with Crippen molar-refractivity contribution in [3.05, 3.63) is 0 Å². The molecular weight excluding hydrogens is 222 g/mol. The first-order valence-corrected chi connectivity index (χ1v) is 7.72. The normalized spacial score (nSPS) is 8.22. The van der Waals surface area contributed by atoms with E-state index in [1.165, 1.54) is 0 Å². The van der Waals surface area contributed by atoms with E-state index in [2.05, 4.69) is 0 Å². The molecule has 0 aromatic carbocycles. The number of halogens is 4. The third-order valence-corrected chi connectivity index (χ3v) is 0.545. The zero-order valence-electron chi connectivity index (χ0n) is 4.70. The summed E-state index contributed by atoms with van der Waals surface area (Å²) >= 11 is 19.7. The Kier molecular flexibility index (Phi) is 12.8. The fraction of sp³-hybridized carbons (Fsp3) is 0.667. The van der Waals surface area contributed by atoms with Crippen molar-refractivity contribution in [2.75, 3.05) is 0 Å². The highest BCUT2D eigenvalue weighted by atomic mass is 35.8. The molecule has 0 radical (unpaired) electrons. The first-order valence-electron chi connectivity index (χ1n) is 2.11. The maximum absolute atomic E-state index is 9.58. The highest BCUT2D eigenvalue weighted by Crippen LogP contribution is 1.97. The Morgan fingerprint density at radius 1 is 1.44 bits per heavy atom. The first-order chi connectivity index (χ1) is 4.00. The Morgan fingerprint density at radius 2 is 1.56 bits per heavy atom. The third-order valence-electron chi connectivity index (χ3n) is 0.278. The van der Waals surface area contributed by atoms with E-state index >= 15 is 0 Å². The van der Waals surface area contributed by atoms with Crippen LogP contribution in [0.15, 0.2) is 0 Å². The molecule has 0 fully saturated rings. The summed E-state index contributed by atoms with van der Waals surface area (Å²) < 4.78 is 0. The molecule has 0 aliphatic carbocycles. The lowest BCUT2D eigenvalue weighted by molar-refractivity contribution is -0.111. The van der Waals surface area contributed by atoms with Crippen molar-refractivity contribution in [1.82, 2.24) is 0 Å². The molecule has 0 saturated heterocycles. The van der Waals surface area contributed by atoms with E-state index in [0.717, 1.165) is 0 Å². The summed E-state index contributed by atoms with van der Waals surface area (Å²) in [7, 11) is 0. The van der Waals surface area contributed by atoms with E-state index < -0.39 is 6.73 Å². The van der Waals surface area contributed by atoms with Gasteiger partial charge in [-0.25, -0.2) is 0 Å². The minimum Gasteiger partial charge on any atom is -0.281 e. The van der Waals surface area contributed by atoms with Crippen LogP contribution >= 0.6 is 44.8 Å². The molecule has 0 spiro atoms. The largest absolute Gasteiger partial charge is 0.326 e. The van der Waals surface area contributed by atoms with E-state index in [4.69, 9.17) is 44.8 Å². The molecule has 0 aromatic rings. The van der Waals surface area contributed by atoms with Crippen LogP contribution in [0.2, 0.25) is 0 Å². The average Bonchev–Trinajstić information content (AvgIpc) is 1.65. The molecule has 1 nitrogen and oxygen atoms in total. The van der Waals surface area contributed by atoms with E-state index in [9.17, 15) is 4.79 Å². The number of carbonyl (C=O) groups excluding carboxylic acids is 1. The smallest absolute Gasteiger partial charge is 0.281 e. The van der Waals surface area contributed by atoms with Gasteiger partial charge in [-0.1, -0.05) is 6.92 Å². The molecule has 56 valence electrons. The van der Waals surface area contributed by atoms with Crippen molar-refractivity contribution in [3.8, 4) is 0 Å². The quantitative estimate of drug-likeness (QED) is 0.383. The summed E-state index contributed by atoms with van der Waals surface area (Å²) in [6.45, 7) is -0.00463. The van der Waals surface area contributed by atoms with Gasteiger partial charge in [0, 0.05) is 6.42 Å². The van der Waals surface area contributed by atoms with Crippen molar-refractivity contribution < 1.29 is 4.79 Å². The Hall–Kier alpha value is 1.05. The summed E-state index contributed by atoms with van der Waals surface area (Å²) in [6.07, 6.45) is 0.432. The van der Waals surface area contributed by atoms with Gasteiger partial charge in [0.05, 0.1) is 0 Å². The maximum atomic E-state index is 9.58. The second-order valence-corrected chi connectivity index (χ2v) is 7.81. The maximum Gasteiger partial charge on any atom is 0.326 e. The summed E-state index contributed by atoms with van der Waals surface area (Å²) in [5.41, 5.74) is 0. The second-order valence-electron chi connectivity index (χ2n) is 0.956. The van der Waals surface area contributed by atoms with Crippen LogP contribution in [0.4, 0.5) is 0 Å². The first kappa shape index (κ1) is 12.7. The van der Waals surface area contributed by atoms with Crippen molar-refractivity contribution in [3.63, 3.8) is 0 Å². The minimum absolute atomic E-state index is 0.273. The predicted octanol–water partition coefficient (Wildman–Crippen LogP) is 2.58. The van der Waals surface area contributed by atoms with E-state index in [1.807, 2.05) is 0 Å². The predicted molar refractivity (Wildman–Crippen MR) is 45.9 cm³/mol. The van der Waals surface area contributed by atoms with Gasteiger partial charge in [0.2, 0.25) is 5.24 Å². The van der Waals surface area contributed by atoms with Crippen LogP contribution in [0.5, 0.6) is 0 Å². The molecule has 0 aliphatic heterocycles. The van der Waals surface area contributed by atoms with E-state index in [1.54, 1.807) is 6.92 Å². The van der Waals surface area contributed by atoms with Crippen LogP contribution in [0, 0.1) is 0 Å². The SMILES string of the molecule is CCC(=O)Cl.Cl[SiH](Cl)Cl. The van der Waals surface area contributed by atoms with Gasteiger partial charge in [-0.15, -0.1) is 33.2 Å². The van der Waals surface area contributed by atoms with Crippen LogP contribution in [-0.2, 0) is 4.79 Å². The number of hydrogen-bond acceptors (Lipinski definition) is 1. The molecule has 0 saturated carbocycles. The van der Waals surface area contributed by atoms with Crippen molar-refractivity contribution in [1.29, 1.82) is 0 Å². The Bertz CT molecular complexity index is 73.5. The highest BCUT2D eigenvalue weighted by Gasteiger charge is 1.85. The van der Waals surface area contributed by atoms with Crippen LogP contribution in [0.25, 0.3) is 0 Å². The lowest BCUT2D eigenvalue weighted by Gasteiger charge is -1.68. The number of rotatable bonds is 1. The van der Waals surface area contributed by atoms with Gasteiger partial charge in [0.25, 0.3) is 0 Å². The van der Waals surface area contributed by atoms with Gasteiger partial charge in [-0.05, 0) is 11.6 Å². The molecule has 0 rings (SSSR count). The van der Waals surface area contributed by atoms with Crippen LogP contribution in [-0.4, -0.2) is 12.0 Å². The fourth-order valence-electron chi connectivity index (χ4n) is 0. The Labute approximate surface area is 74.9 Å². The molecule has 0 bridgehead atoms. The highest BCUT2D eigenvalue weighted by molar-refractivity contribution is 7.54. The van der Waals surface area contributed by atoms with Gasteiger partial charge in [-0.3, -0.25) is 4.79 Å². The second kappa shape index (κ2) is 9.05. The summed E-state index contributed by atoms with van der Waals surface area (Å²) in [5, 5.41) is -0.273. The van der Waals surface area contributed by atoms with Gasteiger partial charge in [0.15, 0.2) is 0 Å². The van der Waals surface area contributed by atoms with Crippen LogP contribution < -0.4 is 0 Å². The van der Waals surface area contributed by atoms with Crippen molar-refractivity contribution >= 4 is 56.8 Å². The van der Waals surface area contributed by atoms with Crippen molar-refractivity contribution in [2.24, 2.45) is 0 Å². The molecule has 0 atom stereocenters. The molecular formula is C3H6Cl4OSi. The molecule has 0 unspecified atom stereocenters. The Morgan fingerprint density at radius 3 is 1.56 bits per heavy atom. The fourth-order valence-corrected chi connectivity index (χ4v) is 0. The standard InChI is InChI=1S/C3H5ClO.Cl3HSi/c1-2-3(4)5;1-4(2)3/h2H2,1H3;4H. The summed E-state index contributed by atoms with van der Waals surface area (Å²) in [5.74, 6) is 0. The van der Waals surface area contributed by atoms with E-state index in [-0.39, 0.29) is 5.24 Å². The van der Waals surface area contributed by atoms with Gasteiger partial charge < -0.3 is 0 Å². The number of carbonyl (C=O) groups is 1. The lowest BCUT2D eigenvalue weighted by Crippen LogP contribution is -1.74.